The number of benzene rings is 1. The lowest BCUT2D eigenvalue weighted by atomic mass is 9.80. The molecule has 8 heteroatoms. The highest BCUT2D eigenvalue weighted by molar-refractivity contribution is 7.89. The van der Waals surface area contributed by atoms with Crippen LogP contribution in [-0.4, -0.2) is 51.4 Å². The van der Waals surface area contributed by atoms with Gasteiger partial charge < -0.3 is 4.90 Å². The van der Waals surface area contributed by atoms with Crippen molar-refractivity contribution in [2.24, 2.45) is 11.8 Å². The van der Waals surface area contributed by atoms with E-state index < -0.39 is 21.8 Å². The number of hydrogen-bond acceptors (Lipinski definition) is 3. The Hall–Kier alpha value is -1.38. The van der Waals surface area contributed by atoms with Crippen LogP contribution in [0.1, 0.15) is 37.7 Å². The lowest BCUT2D eigenvalue weighted by Crippen LogP contribution is -2.34. The summed E-state index contributed by atoms with van der Waals surface area (Å²) in [5.41, 5.74) is -0.851. The summed E-state index contributed by atoms with van der Waals surface area (Å²) in [5, 5.41) is 0. The highest BCUT2D eigenvalue weighted by atomic mass is 32.2. The molecule has 0 amide bonds. The number of hydrogen-bond donors (Lipinski definition) is 0. The number of rotatable bonds is 9. The Morgan fingerprint density at radius 1 is 1.07 bits per heavy atom. The van der Waals surface area contributed by atoms with Gasteiger partial charge in [-0.3, -0.25) is 0 Å². The molecule has 2 rings (SSSR count). The molecule has 0 unspecified atom stereocenters. The van der Waals surface area contributed by atoms with Gasteiger partial charge >= 0.3 is 6.18 Å². The summed E-state index contributed by atoms with van der Waals surface area (Å²) in [4.78, 5) is 2.13. The van der Waals surface area contributed by atoms with Gasteiger partial charge in [-0.25, -0.2) is 12.7 Å². The van der Waals surface area contributed by atoms with Crippen molar-refractivity contribution in [2.45, 2.75) is 43.2 Å². The smallest absolute Gasteiger partial charge is 0.303 e. The van der Waals surface area contributed by atoms with Crippen LogP contribution in [-0.2, 0) is 16.2 Å². The van der Waals surface area contributed by atoms with Crippen molar-refractivity contribution in [2.75, 3.05) is 33.7 Å². The van der Waals surface area contributed by atoms with E-state index in [4.69, 9.17) is 0 Å². The van der Waals surface area contributed by atoms with Crippen LogP contribution in [0, 0.1) is 11.8 Å². The van der Waals surface area contributed by atoms with E-state index in [1.165, 1.54) is 11.4 Å². The van der Waals surface area contributed by atoms with Crippen LogP contribution in [0.5, 0.6) is 0 Å². The molecule has 29 heavy (non-hydrogen) atoms. The molecule has 1 aromatic carbocycles. The maximum absolute atomic E-state index is 12.7. The summed E-state index contributed by atoms with van der Waals surface area (Å²) >= 11 is 0. The first-order valence-corrected chi connectivity index (χ1v) is 11.4. The van der Waals surface area contributed by atoms with Crippen LogP contribution in [0.25, 0.3) is 0 Å². The summed E-state index contributed by atoms with van der Waals surface area (Å²) < 4.78 is 64.7. The standard InChI is InChI=1S/C21H31F3N2O2S/c1-4-14-25(2)15-13-17-5-7-18(8-6-17)16-26(3)29(27,28)20-11-9-19(10-12-20)21(22,23)24/h4,9-12,17-18H,1,5-8,13-16H2,2-3H3/t17-,18-. The lowest BCUT2D eigenvalue weighted by Gasteiger charge is -2.31. The van der Waals surface area contributed by atoms with Crippen molar-refractivity contribution in [1.29, 1.82) is 0 Å². The molecule has 0 aromatic heterocycles. The van der Waals surface area contributed by atoms with Gasteiger partial charge in [0.25, 0.3) is 0 Å². The van der Waals surface area contributed by atoms with E-state index in [1.807, 2.05) is 6.08 Å². The van der Waals surface area contributed by atoms with Crippen molar-refractivity contribution in [3.8, 4) is 0 Å². The molecule has 0 aliphatic heterocycles. The second kappa shape index (κ2) is 10.1. The maximum Gasteiger partial charge on any atom is 0.416 e. The van der Waals surface area contributed by atoms with Crippen molar-refractivity contribution < 1.29 is 21.6 Å². The molecular weight excluding hydrogens is 401 g/mol. The minimum atomic E-state index is -4.48. The van der Waals surface area contributed by atoms with E-state index in [9.17, 15) is 21.6 Å². The molecule has 0 saturated heterocycles. The van der Waals surface area contributed by atoms with Crippen LogP contribution >= 0.6 is 0 Å². The predicted molar refractivity (Wildman–Crippen MR) is 109 cm³/mol. The molecule has 4 nitrogen and oxygen atoms in total. The second-order valence-corrected chi connectivity index (χ2v) is 10.1. The molecule has 164 valence electrons. The molecule has 0 radical (unpaired) electrons. The van der Waals surface area contributed by atoms with E-state index in [0.717, 1.165) is 69.5 Å². The van der Waals surface area contributed by atoms with Gasteiger partial charge in [-0.05, 0) is 69.0 Å². The van der Waals surface area contributed by atoms with Crippen molar-refractivity contribution in [3.05, 3.63) is 42.5 Å². The van der Waals surface area contributed by atoms with Crippen LogP contribution in [0.15, 0.2) is 41.8 Å². The Morgan fingerprint density at radius 2 is 1.62 bits per heavy atom. The monoisotopic (exact) mass is 432 g/mol. The SMILES string of the molecule is C=CCN(C)CC[C@H]1CC[C@H](CN(C)S(=O)(=O)c2ccc(C(F)(F)F)cc2)CC1. The Balaban J connectivity index is 1.87. The highest BCUT2D eigenvalue weighted by Crippen LogP contribution is 2.33. The van der Waals surface area contributed by atoms with E-state index >= 15 is 0 Å². The topological polar surface area (TPSA) is 40.6 Å². The van der Waals surface area contributed by atoms with Gasteiger partial charge in [0.1, 0.15) is 0 Å². The first kappa shape index (κ1) is 23.9. The molecule has 0 spiro atoms. The summed E-state index contributed by atoms with van der Waals surface area (Å²) in [6.45, 7) is 6.05. The molecule has 1 aliphatic rings. The van der Waals surface area contributed by atoms with E-state index in [0.29, 0.717) is 12.5 Å². The molecule has 0 bridgehead atoms. The first-order valence-electron chi connectivity index (χ1n) is 9.97. The highest BCUT2D eigenvalue weighted by Gasteiger charge is 2.32. The third-order valence-electron chi connectivity index (χ3n) is 5.73. The normalized spacial score (nSPS) is 20.9. The Bertz CT molecular complexity index is 755. The number of alkyl halides is 3. The second-order valence-electron chi connectivity index (χ2n) is 8.03. The molecule has 0 N–H and O–H groups in total. The third kappa shape index (κ3) is 6.83. The average molecular weight is 433 g/mol. The van der Waals surface area contributed by atoms with Gasteiger partial charge in [0.15, 0.2) is 0 Å². The molecule has 1 saturated carbocycles. The van der Waals surface area contributed by atoms with Crippen LogP contribution in [0.2, 0.25) is 0 Å². The zero-order chi connectivity index (χ0) is 21.7. The zero-order valence-corrected chi connectivity index (χ0v) is 18.0. The number of likely N-dealkylation sites (N-methyl/N-ethyl adjacent to an activating group) is 1. The quantitative estimate of drug-likeness (QED) is 0.534. The van der Waals surface area contributed by atoms with Crippen molar-refractivity contribution in [1.82, 2.24) is 9.21 Å². The summed E-state index contributed by atoms with van der Waals surface area (Å²) in [6, 6.07) is 3.70. The first-order chi connectivity index (χ1) is 13.5. The number of nitrogens with zero attached hydrogens (tertiary/aromatic N) is 2. The zero-order valence-electron chi connectivity index (χ0n) is 17.2. The molecule has 0 heterocycles. The van der Waals surface area contributed by atoms with Crippen LogP contribution in [0.4, 0.5) is 13.2 Å². The van der Waals surface area contributed by atoms with E-state index in [-0.39, 0.29) is 10.8 Å². The fourth-order valence-electron chi connectivity index (χ4n) is 3.87. The number of sulfonamides is 1. The molecule has 1 aliphatic carbocycles. The Kier molecular flexibility index (Phi) is 8.31. The minimum Gasteiger partial charge on any atom is -0.303 e. The molecule has 0 atom stereocenters. The molecule has 1 aromatic rings. The Labute approximate surface area is 172 Å². The Morgan fingerprint density at radius 3 is 2.14 bits per heavy atom. The third-order valence-corrected chi connectivity index (χ3v) is 7.57. The largest absolute Gasteiger partial charge is 0.416 e. The summed E-state index contributed by atoms with van der Waals surface area (Å²) in [6.07, 6.45) is 2.67. The van der Waals surface area contributed by atoms with E-state index in [2.05, 4.69) is 18.5 Å². The van der Waals surface area contributed by atoms with Crippen LogP contribution in [0.3, 0.4) is 0 Å². The molecule has 1 fully saturated rings. The lowest BCUT2D eigenvalue weighted by molar-refractivity contribution is -0.137. The number of halogens is 3. The summed E-state index contributed by atoms with van der Waals surface area (Å²) in [7, 11) is -0.211. The minimum absolute atomic E-state index is 0.105. The van der Waals surface area contributed by atoms with Crippen LogP contribution < -0.4 is 0 Å². The summed E-state index contributed by atoms with van der Waals surface area (Å²) in [5.74, 6) is 0.946. The molecular formula is C21H31F3N2O2S. The van der Waals surface area contributed by atoms with Gasteiger partial charge in [0.2, 0.25) is 10.0 Å². The van der Waals surface area contributed by atoms with Gasteiger partial charge in [-0.2, -0.15) is 13.2 Å². The van der Waals surface area contributed by atoms with Crippen molar-refractivity contribution in [3.63, 3.8) is 0 Å². The van der Waals surface area contributed by atoms with Gasteiger partial charge in [0, 0.05) is 20.1 Å². The van der Waals surface area contributed by atoms with Gasteiger partial charge in [0.05, 0.1) is 10.5 Å². The van der Waals surface area contributed by atoms with Gasteiger partial charge in [-0.15, -0.1) is 6.58 Å². The van der Waals surface area contributed by atoms with Gasteiger partial charge in [-0.1, -0.05) is 18.9 Å². The maximum atomic E-state index is 12.7. The average Bonchev–Trinajstić information content (AvgIpc) is 2.67. The predicted octanol–water partition coefficient (Wildman–Crippen LogP) is 4.64. The van der Waals surface area contributed by atoms with Crippen molar-refractivity contribution >= 4 is 10.0 Å². The van der Waals surface area contributed by atoms with E-state index in [1.54, 1.807) is 0 Å². The fourth-order valence-corrected chi connectivity index (χ4v) is 5.12. The fraction of sp³-hybridized carbons (Fsp3) is 0.619.